The van der Waals surface area contributed by atoms with E-state index in [1.807, 2.05) is 31.4 Å². The minimum absolute atomic E-state index is 0.0927. The number of nitrogens with zero attached hydrogens (tertiary/aromatic N) is 4. The number of hydrogen-bond donors (Lipinski definition) is 1. The molecule has 27 heavy (non-hydrogen) atoms. The molecule has 0 spiro atoms. The Bertz CT molecular complexity index is 1010. The topological polar surface area (TPSA) is 88.3 Å². The highest BCUT2D eigenvalue weighted by atomic mass is 32.1. The van der Waals surface area contributed by atoms with Crippen molar-refractivity contribution in [3.63, 3.8) is 0 Å². The van der Waals surface area contributed by atoms with Crippen LogP contribution < -0.4 is 0 Å². The Morgan fingerprint density at radius 2 is 2.19 bits per heavy atom. The van der Waals surface area contributed by atoms with Crippen LogP contribution in [0.1, 0.15) is 43.1 Å². The lowest BCUT2D eigenvalue weighted by Gasteiger charge is -2.22. The van der Waals surface area contributed by atoms with Crippen LogP contribution >= 0.6 is 11.3 Å². The van der Waals surface area contributed by atoms with E-state index in [9.17, 15) is 14.7 Å². The monoisotopic (exact) mass is 384 g/mol. The predicted octanol–water partition coefficient (Wildman–Crippen LogP) is 3.43. The zero-order chi connectivity index (χ0) is 19.1. The van der Waals surface area contributed by atoms with Crippen LogP contribution in [0.5, 0.6) is 0 Å². The van der Waals surface area contributed by atoms with E-state index in [4.69, 9.17) is 4.98 Å². The molecule has 4 rings (SSSR count). The number of carbonyl (C=O) groups excluding carboxylic acids is 1. The summed E-state index contributed by atoms with van der Waals surface area (Å²) in [6.07, 6.45) is 2.83. The number of fused-ring (bicyclic) bond motifs is 1. The summed E-state index contributed by atoms with van der Waals surface area (Å²) in [6.45, 7) is 4.47. The molecular weight excluding hydrogens is 364 g/mol. The van der Waals surface area contributed by atoms with Gasteiger partial charge in [-0.15, -0.1) is 11.3 Å². The fourth-order valence-electron chi connectivity index (χ4n) is 3.54. The van der Waals surface area contributed by atoms with E-state index >= 15 is 0 Å². The van der Waals surface area contributed by atoms with Crippen LogP contribution in [0.2, 0.25) is 0 Å². The number of rotatable bonds is 4. The van der Waals surface area contributed by atoms with Gasteiger partial charge >= 0.3 is 5.97 Å². The summed E-state index contributed by atoms with van der Waals surface area (Å²) in [6, 6.07) is 4.98. The molecule has 3 aromatic rings. The van der Waals surface area contributed by atoms with Crippen molar-refractivity contribution in [3.05, 3.63) is 35.3 Å². The molecular formula is C19H20N4O3S. The van der Waals surface area contributed by atoms with Gasteiger partial charge in [0.1, 0.15) is 6.04 Å². The molecule has 0 radical (unpaired) electrons. The second kappa shape index (κ2) is 6.77. The standard InChI is InChI=1S/C19H20N4O3S/c1-11(2)23-17-13(10-20-23)12(9-14(21-17)16-6-4-8-27-16)18(24)22-7-3-5-15(22)19(25)26/h4,6,8-11,15H,3,5,7H2,1-2H3,(H,25,26)/t15-/m1/s1. The van der Waals surface area contributed by atoms with E-state index < -0.39 is 12.0 Å². The van der Waals surface area contributed by atoms with Crippen LogP contribution in [-0.2, 0) is 4.79 Å². The molecule has 1 aliphatic rings. The molecule has 4 heterocycles. The first kappa shape index (κ1) is 17.7. The highest BCUT2D eigenvalue weighted by molar-refractivity contribution is 7.13. The number of aliphatic carboxylic acids is 1. The third kappa shape index (κ3) is 2.99. The number of carbonyl (C=O) groups is 2. The Morgan fingerprint density at radius 3 is 2.85 bits per heavy atom. The number of carboxylic acids is 1. The van der Waals surface area contributed by atoms with E-state index in [1.54, 1.807) is 28.3 Å². The molecule has 1 atom stereocenters. The molecule has 1 aliphatic heterocycles. The normalized spacial score (nSPS) is 17.1. The first-order chi connectivity index (χ1) is 13.0. The maximum atomic E-state index is 13.3. The fourth-order valence-corrected chi connectivity index (χ4v) is 4.23. The molecule has 1 fully saturated rings. The molecule has 0 saturated carbocycles. The van der Waals surface area contributed by atoms with Crippen molar-refractivity contribution in [2.75, 3.05) is 6.54 Å². The van der Waals surface area contributed by atoms with Crippen molar-refractivity contribution in [2.45, 2.75) is 38.8 Å². The van der Waals surface area contributed by atoms with E-state index in [2.05, 4.69) is 5.10 Å². The van der Waals surface area contributed by atoms with Crippen LogP contribution in [0.15, 0.2) is 29.8 Å². The Kier molecular flexibility index (Phi) is 4.43. The summed E-state index contributed by atoms with van der Waals surface area (Å²) in [5.74, 6) is -1.23. The number of amides is 1. The molecule has 7 nitrogen and oxygen atoms in total. The summed E-state index contributed by atoms with van der Waals surface area (Å²) < 4.78 is 1.79. The zero-order valence-electron chi connectivity index (χ0n) is 15.1. The van der Waals surface area contributed by atoms with Gasteiger partial charge in [-0.1, -0.05) is 6.07 Å². The Hall–Kier alpha value is -2.74. The highest BCUT2D eigenvalue weighted by Gasteiger charge is 2.35. The smallest absolute Gasteiger partial charge is 0.326 e. The van der Waals surface area contributed by atoms with E-state index in [1.165, 1.54) is 4.90 Å². The average Bonchev–Trinajstić information content (AvgIpc) is 3.39. The minimum atomic E-state index is -0.956. The van der Waals surface area contributed by atoms with Crippen molar-refractivity contribution in [1.82, 2.24) is 19.7 Å². The average molecular weight is 384 g/mol. The molecule has 140 valence electrons. The van der Waals surface area contributed by atoms with Crippen LogP contribution in [0.3, 0.4) is 0 Å². The van der Waals surface area contributed by atoms with Crippen molar-refractivity contribution in [2.24, 2.45) is 0 Å². The predicted molar refractivity (Wildman–Crippen MR) is 103 cm³/mol. The van der Waals surface area contributed by atoms with Crippen molar-refractivity contribution < 1.29 is 14.7 Å². The fraction of sp³-hybridized carbons (Fsp3) is 0.368. The zero-order valence-corrected chi connectivity index (χ0v) is 15.9. The van der Waals surface area contributed by atoms with Crippen molar-refractivity contribution >= 4 is 34.2 Å². The maximum absolute atomic E-state index is 13.3. The lowest BCUT2D eigenvalue weighted by molar-refractivity contribution is -0.141. The van der Waals surface area contributed by atoms with Crippen LogP contribution in [0.4, 0.5) is 0 Å². The molecule has 0 bridgehead atoms. The summed E-state index contributed by atoms with van der Waals surface area (Å²) in [5, 5.41) is 16.5. The van der Waals surface area contributed by atoms with Gasteiger partial charge in [0.05, 0.1) is 27.7 Å². The van der Waals surface area contributed by atoms with E-state index in [0.29, 0.717) is 41.7 Å². The Labute approximate surface area is 160 Å². The number of hydrogen-bond acceptors (Lipinski definition) is 5. The van der Waals surface area contributed by atoms with Gasteiger partial charge in [0.15, 0.2) is 5.65 Å². The lowest BCUT2D eigenvalue weighted by atomic mass is 10.1. The number of carboxylic acid groups (broad SMARTS) is 1. The van der Waals surface area contributed by atoms with E-state index in [0.717, 1.165) is 4.88 Å². The minimum Gasteiger partial charge on any atom is -0.480 e. The van der Waals surface area contributed by atoms with Gasteiger partial charge in [0, 0.05) is 12.6 Å². The van der Waals surface area contributed by atoms with Gasteiger partial charge in [-0.2, -0.15) is 5.10 Å². The van der Waals surface area contributed by atoms with Gasteiger partial charge in [-0.3, -0.25) is 4.79 Å². The third-order valence-electron chi connectivity index (χ3n) is 4.86. The Morgan fingerprint density at radius 1 is 1.37 bits per heavy atom. The molecule has 1 saturated heterocycles. The molecule has 0 unspecified atom stereocenters. The first-order valence-electron chi connectivity index (χ1n) is 8.93. The number of pyridine rings is 1. The van der Waals surface area contributed by atoms with Gasteiger partial charge in [0.25, 0.3) is 5.91 Å². The molecule has 0 aliphatic carbocycles. The maximum Gasteiger partial charge on any atom is 0.326 e. The van der Waals surface area contributed by atoms with Gasteiger partial charge < -0.3 is 10.0 Å². The SMILES string of the molecule is CC(C)n1ncc2c(C(=O)N3CCC[C@@H]3C(=O)O)cc(-c3cccs3)nc21. The molecule has 1 N–H and O–H groups in total. The van der Waals surface area contributed by atoms with Crippen molar-refractivity contribution in [3.8, 4) is 10.6 Å². The highest BCUT2D eigenvalue weighted by Crippen LogP contribution is 2.31. The summed E-state index contributed by atoms with van der Waals surface area (Å²) in [7, 11) is 0. The van der Waals surface area contributed by atoms with Crippen LogP contribution in [0, 0.1) is 0 Å². The van der Waals surface area contributed by atoms with Crippen molar-refractivity contribution in [1.29, 1.82) is 0 Å². The summed E-state index contributed by atoms with van der Waals surface area (Å²) >= 11 is 1.55. The Balaban J connectivity index is 1.88. The van der Waals surface area contributed by atoms with E-state index in [-0.39, 0.29) is 11.9 Å². The van der Waals surface area contributed by atoms with Crippen LogP contribution in [-0.4, -0.2) is 49.2 Å². The molecule has 8 heteroatoms. The molecule has 1 amide bonds. The molecule has 3 aromatic heterocycles. The summed E-state index contributed by atoms with van der Waals surface area (Å²) in [4.78, 5) is 32.0. The number of thiophene rings is 1. The van der Waals surface area contributed by atoms with Crippen LogP contribution in [0.25, 0.3) is 21.6 Å². The number of aromatic nitrogens is 3. The second-order valence-corrected chi connectivity index (χ2v) is 7.90. The third-order valence-corrected chi connectivity index (χ3v) is 5.75. The molecule has 0 aromatic carbocycles. The second-order valence-electron chi connectivity index (χ2n) is 6.95. The quantitative estimate of drug-likeness (QED) is 0.744. The van der Waals surface area contributed by atoms with Gasteiger partial charge in [-0.05, 0) is 44.2 Å². The number of likely N-dealkylation sites (tertiary alicyclic amines) is 1. The van der Waals surface area contributed by atoms with Gasteiger partial charge in [-0.25, -0.2) is 14.5 Å². The summed E-state index contributed by atoms with van der Waals surface area (Å²) in [5.41, 5.74) is 1.81. The largest absolute Gasteiger partial charge is 0.480 e. The lowest BCUT2D eigenvalue weighted by Crippen LogP contribution is -2.40. The van der Waals surface area contributed by atoms with Gasteiger partial charge in [0.2, 0.25) is 0 Å². The first-order valence-corrected chi connectivity index (χ1v) is 9.81.